The summed E-state index contributed by atoms with van der Waals surface area (Å²) in [7, 11) is 0. The molecule has 4 aliphatic heterocycles. The fourth-order valence-electron chi connectivity index (χ4n) is 8.19. The summed E-state index contributed by atoms with van der Waals surface area (Å²) in [4.78, 5) is 38.2. The molecule has 6 aliphatic rings. The number of hydrogen-bond acceptors (Lipinski definition) is 10. The number of fused-ring (bicyclic) bond motifs is 1. The van der Waals surface area contributed by atoms with Crippen molar-refractivity contribution in [3.8, 4) is 0 Å². The van der Waals surface area contributed by atoms with Crippen LogP contribution >= 0.6 is 0 Å². The van der Waals surface area contributed by atoms with Gasteiger partial charge in [0.1, 0.15) is 18.4 Å². The lowest BCUT2D eigenvalue weighted by molar-refractivity contribution is -0.240. The van der Waals surface area contributed by atoms with E-state index in [1.165, 1.54) is 6.92 Å². The molecule has 0 aromatic carbocycles. The van der Waals surface area contributed by atoms with Crippen molar-refractivity contribution in [3.05, 3.63) is 0 Å². The monoisotopic (exact) mass is 441 g/mol. The number of carbonyl (C=O) groups is 3. The van der Waals surface area contributed by atoms with Crippen LogP contribution in [0.15, 0.2) is 0 Å². The van der Waals surface area contributed by atoms with Gasteiger partial charge in [-0.3, -0.25) is 4.79 Å². The highest BCUT2D eigenvalue weighted by Gasteiger charge is 3.05. The number of carbonyl (C=O) groups excluding carboxylic acids is 3. The number of aliphatic hydroxyl groups excluding tert-OH is 2. The quantitative estimate of drug-likeness (QED) is 0.302. The molecular weight excluding hydrogens is 418 g/mol. The molecule has 3 N–H and O–H groups in total. The number of alkyl halides is 1. The summed E-state index contributed by atoms with van der Waals surface area (Å²) in [6.07, 6.45) is -10.7. The summed E-state index contributed by atoms with van der Waals surface area (Å²) in [6, 6.07) is 0. The first-order chi connectivity index (χ1) is 14.3. The molecule has 4 unspecified atom stereocenters. The maximum Gasteiger partial charge on any atom is 0.343 e. The van der Waals surface area contributed by atoms with E-state index in [4.69, 9.17) is 18.9 Å². The van der Waals surface area contributed by atoms with E-state index in [-0.39, 0.29) is 0 Å². The van der Waals surface area contributed by atoms with Gasteiger partial charge in [0.25, 0.3) is 0 Å². The van der Waals surface area contributed by atoms with Crippen LogP contribution in [-0.2, 0) is 33.3 Å². The highest BCUT2D eigenvalue weighted by Crippen LogP contribution is 2.84. The maximum atomic E-state index is 16.2. The minimum absolute atomic E-state index is 0.874. The summed E-state index contributed by atoms with van der Waals surface area (Å²) < 4.78 is 38.1. The Morgan fingerprint density at radius 1 is 1.00 bits per heavy atom. The standard InChI is InChI=1S/C20H23FO10/c1-5-12(24)28-11-8(22)18-10-6(21)7(16(2,3)4)17(18)9(23)13(25)30-15(17)31-20(18,14(26)29-10)19(5,11)27/h5-11,15,22-23,27H,1-4H3/t5-,6+,7+,8+,9+,10?,11+,15?,17?,18?,19-,20+/m1/s1/i21-1. The summed E-state index contributed by atoms with van der Waals surface area (Å²) in [5.41, 5.74) is -9.91. The van der Waals surface area contributed by atoms with Gasteiger partial charge in [-0.05, 0) is 12.3 Å². The highest BCUT2D eigenvalue weighted by atomic mass is 18.2. The van der Waals surface area contributed by atoms with Crippen LogP contribution in [0.3, 0.4) is 0 Å². The van der Waals surface area contributed by atoms with Crippen LogP contribution < -0.4 is 0 Å². The number of esters is 3. The zero-order valence-corrected chi connectivity index (χ0v) is 17.2. The van der Waals surface area contributed by atoms with Crippen molar-refractivity contribution in [2.45, 2.75) is 75.8 Å². The van der Waals surface area contributed by atoms with Gasteiger partial charge >= 0.3 is 17.9 Å². The Balaban J connectivity index is 1.75. The molecule has 4 saturated heterocycles. The molecule has 11 heteroatoms. The molecule has 0 aromatic heterocycles. The first-order valence-corrected chi connectivity index (χ1v) is 10.3. The lowest BCUT2D eigenvalue weighted by atomic mass is 9.51. The second-order valence-electron chi connectivity index (χ2n) is 10.7. The summed E-state index contributed by atoms with van der Waals surface area (Å²) in [6.45, 7) is 6.36. The molecule has 0 bridgehead atoms. The van der Waals surface area contributed by atoms with Crippen LogP contribution in [0.25, 0.3) is 0 Å². The van der Waals surface area contributed by atoms with Crippen LogP contribution in [-0.4, -0.2) is 81.3 Å². The minimum atomic E-state index is -2.48. The molecule has 6 rings (SSSR count). The number of rotatable bonds is 0. The van der Waals surface area contributed by atoms with Crippen molar-refractivity contribution in [1.82, 2.24) is 0 Å². The molecule has 0 amide bonds. The van der Waals surface area contributed by atoms with E-state index >= 15 is 4.39 Å². The third-order valence-electron chi connectivity index (χ3n) is 8.91. The first kappa shape index (κ1) is 19.8. The number of hydrogen-bond donors (Lipinski definition) is 3. The van der Waals surface area contributed by atoms with Crippen molar-refractivity contribution >= 4 is 17.9 Å². The van der Waals surface area contributed by atoms with E-state index in [2.05, 4.69) is 0 Å². The van der Waals surface area contributed by atoms with Gasteiger partial charge in [0, 0.05) is 5.92 Å². The summed E-state index contributed by atoms with van der Waals surface area (Å²) in [5.74, 6) is -5.65. The topological polar surface area (TPSA) is 149 Å². The second-order valence-corrected chi connectivity index (χ2v) is 10.7. The lowest BCUT2D eigenvalue weighted by Crippen LogP contribution is -2.67. The van der Waals surface area contributed by atoms with Gasteiger partial charge in [0.15, 0.2) is 17.8 Å². The normalized spacial score (nSPS) is 61.0. The Labute approximate surface area is 175 Å². The van der Waals surface area contributed by atoms with Crippen LogP contribution in [0.2, 0.25) is 0 Å². The van der Waals surface area contributed by atoms with Crippen molar-refractivity contribution in [1.29, 1.82) is 0 Å². The molecule has 6 fully saturated rings. The SMILES string of the molecule is C[C@@H]1C(=O)O[C@H]2[C@H](O)C34C5OC(=O)[C@@]3(OC3OC(=O)[C@H](O)C34[C@H](C(C)(C)C)[C@@H]5[18F])[C@@]12O. The van der Waals surface area contributed by atoms with E-state index in [0.29, 0.717) is 0 Å². The number of aliphatic hydroxyl groups is 3. The Bertz CT molecular complexity index is 962. The van der Waals surface area contributed by atoms with E-state index in [0.717, 1.165) is 0 Å². The van der Waals surface area contributed by atoms with Gasteiger partial charge in [-0.25, -0.2) is 14.0 Å². The largest absolute Gasteiger partial charge is 0.456 e. The molecular formula is C20H23FO10. The third-order valence-corrected chi connectivity index (χ3v) is 8.91. The molecule has 170 valence electrons. The molecule has 12 atom stereocenters. The van der Waals surface area contributed by atoms with Crippen molar-refractivity contribution in [2.75, 3.05) is 0 Å². The second kappa shape index (κ2) is 4.90. The molecule has 2 aliphatic carbocycles. The lowest BCUT2D eigenvalue weighted by Gasteiger charge is -2.47. The summed E-state index contributed by atoms with van der Waals surface area (Å²) >= 11 is 0. The van der Waals surface area contributed by atoms with Crippen LogP contribution in [0.1, 0.15) is 27.7 Å². The minimum Gasteiger partial charge on any atom is -0.456 e. The molecule has 0 radical (unpaired) electrons. The van der Waals surface area contributed by atoms with Crippen molar-refractivity contribution in [2.24, 2.45) is 28.1 Å². The van der Waals surface area contributed by atoms with Crippen molar-refractivity contribution < 1.29 is 53.0 Å². The predicted molar refractivity (Wildman–Crippen MR) is 92.3 cm³/mol. The van der Waals surface area contributed by atoms with E-state index < -0.39 is 94.1 Å². The van der Waals surface area contributed by atoms with Gasteiger partial charge in [-0.1, -0.05) is 20.8 Å². The van der Waals surface area contributed by atoms with Crippen LogP contribution in [0.4, 0.5) is 4.39 Å². The van der Waals surface area contributed by atoms with E-state index in [1.807, 2.05) is 0 Å². The van der Waals surface area contributed by atoms with Gasteiger partial charge in [0.2, 0.25) is 11.9 Å². The molecule has 2 spiro atoms. The number of ether oxygens (including phenoxy) is 4. The smallest absolute Gasteiger partial charge is 0.343 e. The van der Waals surface area contributed by atoms with E-state index in [1.54, 1.807) is 20.8 Å². The maximum absolute atomic E-state index is 16.2. The predicted octanol–water partition coefficient (Wildman–Crippen LogP) is -1.42. The highest BCUT2D eigenvalue weighted by molar-refractivity contribution is 5.94. The third kappa shape index (κ3) is 1.43. The summed E-state index contributed by atoms with van der Waals surface area (Å²) in [5, 5.41) is 34.5. The average molecular weight is 441 g/mol. The molecule has 2 saturated carbocycles. The molecule has 10 nitrogen and oxygen atoms in total. The average Bonchev–Trinajstić information content (AvgIpc) is 3.35. The van der Waals surface area contributed by atoms with Crippen LogP contribution in [0.5, 0.6) is 0 Å². The van der Waals surface area contributed by atoms with E-state index in [9.17, 15) is 29.7 Å². The van der Waals surface area contributed by atoms with Crippen molar-refractivity contribution in [3.63, 3.8) is 0 Å². The first-order valence-electron chi connectivity index (χ1n) is 10.3. The molecule has 0 aromatic rings. The fraction of sp³-hybridized carbons (Fsp3) is 0.850. The Kier molecular flexibility index (Phi) is 3.14. The Morgan fingerprint density at radius 3 is 2.26 bits per heavy atom. The Morgan fingerprint density at radius 2 is 1.65 bits per heavy atom. The Hall–Kier alpha value is -1.82. The molecule has 4 heterocycles. The van der Waals surface area contributed by atoms with Crippen LogP contribution in [0, 0.1) is 28.1 Å². The van der Waals surface area contributed by atoms with Gasteiger partial charge < -0.3 is 34.3 Å². The zero-order valence-electron chi connectivity index (χ0n) is 17.2. The fourth-order valence-corrected chi connectivity index (χ4v) is 8.19. The van der Waals surface area contributed by atoms with Gasteiger partial charge in [0.05, 0.1) is 16.7 Å². The zero-order chi connectivity index (χ0) is 22.7. The van der Waals surface area contributed by atoms with Gasteiger partial charge in [-0.2, -0.15) is 0 Å². The van der Waals surface area contributed by atoms with Gasteiger partial charge in [-0.15, -0.1) is 0 Å². The molecule has 31 heavy (non-hydrogen) atoms. The number of halogens is 1.